The van der Waals surface area contributed by atoms with E-state index in [1.54, 1.807) is 0 Å². The fourth-order valence-corrected chi connectivity index (χ4v) is 7.26. The van der Waals surface area contributed by atoms with E-state index < -0.39 is 181 Å². The molecule has 0 spiro atoms. The summed E-state index contributed by atoms with van der Waals surface area (Å²) in [5, 5.41) is 142. The average Bonchev–Trinajstić information content (AvgIpc) is 3.22. The van der Waals surface area contributed by atoms with E-state index in [2.05, 4.69) is 10.0 Å². The maximum atomic E-state index is 11.3. The summed E-state index contributed by atoms with van der Waals surface area (Å²) in [5.74, 6) is 0. The lowest BCUT2D eigenvalue weighted by Gasteiger charge is -2.46. The van der Waals surface area contributed by atoms with Gasteiger partial charge < -0.3 is 123 Å². The number of azide groups is 1. The molecule has 0 aromatic heterocycles. The Bertz CT molecular complexity index is 1390. The molecule has 60 heavy (non-hydrogen) atoms. The average molecular weight is 880 g/mol. The lowest BCUT2D eigenvalue weighted by atomic mass is 10.0. The van der Waals surface area contributed by atoms with Crippen LogP contribution in [0.15, 0.2) is 5.11 Å². The molecule has 0 aliphatic carbocycles. The minimum absolute atomic E-state index is 0.0835. The minimum Gasteiger partial charge on any atom is -0.388 e. The fraction of sp³-hybridized carbons (Fsp3) is 1.00. The van der Waals surface area contributed by atoms with Gasteiger partial charge in [-0.15, -0.1) is 0 Å². The minimum atomic E-state index is -1.92. The zero-order chi connectivity index (χ0) is 43.4. The van der Waals surface area contributed by atoms with Gasteiger partial charge in [-0.25, -0.2) is 0 Å². The number of hydrogen-bond donors (Lipinski definition) is 13. The third-order valence-corrected chi connectivity index (χ3v) is 10.6. The molecular weight excluding hydrogens is 826 g/mol. The molecule has 6 saturated heterocycles. The van der Waals surface area contributed by atoms with Gasteiger partial charge in [0.2, 0.25) is 0 Å². The molecule has 24 atom stereocenters. The Hall–Kier alpha value is -1.69. The van der Waals surface area contributed by atoms with Crippen molar-refractivity contribution in [2.24, 2.45) is 5.11 Å². The highest BCUT2D eigenvalue weighted by molar-refractivity contribution is 4.94. The van der Waals surface area contributed by atoms with Crippen LogP contribution in [0.4, 0.5) is 0 Å². The van der Waals surface area contributed by atoms with Crippen molar-refractivity contribution in [1.82, 2.24) is 0 Å². The third-order valence-electron chi connectivity index (χ3n) is 10.6. The maximum absolute atomic E-state index is 11.3. The second kappa shape index (κ2) is 21.3. The molecule has 28 nitrogen and oxygen atoms in total. The van der Waals surface area contributed by atoms with Crippen LogP contribution < -0.4 is 0 Å². The number of aliphatic hydroxyl groups is 13. The quantitative estimate of drug-likeness (QED) is 0.0333. The summed E-state index contributed by atoms with van der Waals surface area (Å²) >= 11 is 0. The first-order valence-corrected chi connectivity index (χ1v) is 19.0. The molecule has 0 radical (unpaired) electrons. The summed E-state index contributed by atoms with van der Waals surface area (Å²) in [6.45, 7) is -3.18. The molecule has 6 unspecified atom stereocenters. The molecule has 6 heterocycles. The largest absolute Gasteiger partial charge is 0.388 e. The van der Waals surface area contributed by atoms with Gasteiger partial charge in [-0.1, -0.05) is 5.11 Å². The summed E-state index contributed by atoms with van der Waals surface area (Å²) < 4.78 is 65.8. The topological polar surface area (TPSA) is 423 Å². The molecule has 6 aliphatic heterocycles. The van der Waals surface area contributed by atoms with Gasteiger partial charge in [0.25, 0.3) is 0 Å². The van der Waals surface area contributed by atoms with Crippen LogP contribution >= 0.6 is 0 Å². The fourth-order valence-electron chi connectivity index (χ4n) is 7.26. The van der Waals surface area contributed by atoms with Crippen LogP contribution in [0.25, 0.3) is 10.4 Å². The standard InChI is InChI=1S/C32H53N3O25/c33-35-34-1-2-49-27-17(44)22(10(37)4-50-27)57-29-19(46)24(12(39)6-52-29)59-31-21(48)26(14(41)8-54-31)60-32-20(47)25(13(40)7-55-32)58-30-18(45)23(11(38)5-53-30)56-28-16(43)15(42)9(36)3-51-28/h9-32,36-48H,1-8H2/t9-,10-,11-,12-,13-,14-,15+,16?,17?,18?,19?,20?,21?,22+,23+,24+,25+,26+,27-,28-,29-,30+,31+,32-/m1/s1. The molecule has 0 bridgehead atoms. The van der Waals surface area contributed by atoms with Crippen LogP contribution in [-0.2, 0) is 56.8 Å². The summed E-state index contributed by atoms with van der Waals surface area (Å²) in [6, 6.07) is 0. The van der Waals surface area contributed by atoms with Crippen molar-refractivity contribution in [3.63, 3.8) is 0 Å². The van der Waals surface area contributed by atoms with Gasteiger partial charge in [0.1, 0.15) is 110 Å². The Morgan fingerprint density at radius 1 is 0.383 bits per heavy atom. The Labute approximate surface area is 339 Å². The Balaban J connectivity index is 1.05. The first-order chi connectivity index (χ1) is 28.6. The molecule has 6 rings (SSSR count). The lowest BCUT2D eigenvalue weighted by Crippen LogP contribution is -2.64. The summed E-state index contributed by atoms with van der Waals surface area (Å²) in [4.78, 5) is 2.58. The van der Waals surface area contributed by atoms with E-state index >= 15 is 0 Å². The van der Waals surface area contributed by atoms with Crippen LogP contribution in [0.2, 0.25) is 0 Å². The van der Waals surface area contributed by atoms with E-state index in [1.165, 1.54) is 0 Å². The van der Waals surface area contributed by atoms with Gasteiger partial charge in [-0.2, -0.15) is 0 Å². The van der Waals surface area contributed by atoms with Gasteiger partial charge >= 0.3 is 0 Å². The summed E-state index contributed by atoms with van der Waals surface area (Å²) in [6.07, 6.45) is -39.4. The van der Waals surface area contributed by atoms with Gasteiger partial charge in [0.05, 0.1) is 46.2 Å². The second-order valence-electron chi connectivity index (χ2n) is 14.9. The molecule has 6 fully saturated rings. The van der Waals surface area contributed by atoms with Crippen molar-refractivity contribution in [3.05, 3.63) is 10.4 Å². The van der Waals surface area contributed by atoms with Crippen molar-refractivity contribution in [2.45, 2.75) is 148 Å². The Kier molecular flexibility index (Phi) is 17.0. The molecule has 0 aromatic rings. The number of aliphatic hydroxyl groups excluding tert-OH is 13. The lowest BCUT2D eigenvalue weighted by molar-refractivity contribution is -0.375. The normalized spacial score (nSPS) is 50.5. The van der Waals surface area contributed by atoms with E-state index in [1.807, 2.05) is 0 Å². The van der Waals surface area contributed by atoms with E-state index in [9.17, 15) is 66.4 Å². The molecular formula is C32H53N3O25. The Morgan fingerprint density at radius 3 is 0.967 bits per heavy atom. The molecule has 0 amide bonds. The molecule has 0 aromatic carbocycles. The first-order valence-electron chi connectivity index (χ1n) is 19.0. The van der Waals surface area contributed by atoms with Crippen LogP contribution in [0.3, 0.4) is 0 Å². The molecule has 13 N–H and O–H groups in total. The summed E-state index contributed by atoms with van der Waals surface area (Å²) in [5.41, 5.74) is 8.43. The SMILES string of the molecule is [N-]=[N+]=NCCO[C@@H]1OC[C@@H](O)[C@H](O[C@H]2OC[C@@H](O)[C@H](O[C@@H]3OC[C@@H](O)[C@H](O[C@H]4OC[C@@H](O)[C@H](O[C@@H]5OC[C@@H](O)[C@H](O[C@H]6OC[C@@H](O)[C@H](O)C6O)C5O)C4O)C3O)C2O)C1O. The monoisotopic (exact) mass is 879 g/mol. The van der Waals surface area contributed by atoms with Crippen molar-refractivity contribution >= 4 is 0 Å². The predicted octanol–water partition coefficient (Wildman–Crippen LogP) is -8.93. The maximum Gasteiger partial charge on any atom is 0.186 e. The highest BCUT2D eigenvalue weighted by atomic mass is 16.8. The number of rotatable bonds is 14. The number of hydrogen-bond acceptors (Lipinski definition) is 26. The van der Waals surface area contributed by atoms with Gasteiger partial charge in [0.15, 0.2) is 37.7 Å². The van der Waals surface area contributed by atoms with Crippen LogP contribution in [0.1, 0.15) is 0 Å². The predicted molar refractivity (Wildman–Crippen MR) is 181 cm³/mol. The molecule has 28 heteroatoms. The summed E-state index contributed by atoms with van der Waals surface area (Å²) in [7, 11) is 0. The van der Waals surface area contributed by atoms with Crippen LogP contribution in [-0.4, -0.2) is 267 Å². The molecule has 6 aliphatic rings. The van der Waals surface area contributed by atoms with Crippen molar-refractivity contribution in [1.29, 1.82) is 0 Å². The molecule has 0 saturated carbocycles. The van der Waals surface area contributed by atoms with E-state index in [-0.39, 0.29) is 19.8 Å². The van der Waals surface area contributed by atoms with Crippen molar-refractivity contribution in [3.8, 4) is 0 Å². The Morgan fingerprint density at radius 2 is 0.650 bits per heavy atom. The van der Waals surface area contributed by atoms with E-state index in [4.69, 9.17) is 62.4 Å². The van der Waals surface area contributed by atoms with Crippen LogP contribution in [0, 0.1) is 0 Å². The van der Waals surface area contributed by atoms with Gasteiger partial charge in [0, 0.05) is 11.5 Å². The first kappa shape index (κ1) is 47.8. The second-order valence-corrected chi connectivity index (χ2v) is 14.9. The smallest absolute Gasteiger partial charge is 0.186 e. The van der Waals surface area contributed by atoms with Gasteiger partial charge in [-0.3, -0.25) is 0 Å². The van der Waals surface area contributed by atoms with Gasteiger partial charge in [-0.05, 0) is 5.53 Å². The van der Waals surface area contributed by atoms with Crippen LogP contribution in [0.5, 0.6) is 0 Å². The van der Waals surface area contributed by atoms with E-state index in [0.717, 1.165) is 0 Å². The van der Waals surface area contributed by atoms with Crippen molar-refractivity contribution in [2.75, 3.05) is 52.8 Å². The third kappa shape index (κ3) is 10.8. The highest BCUT2D eigenvalue weighted by Gasteiger charge is 2.53. The molecule has 346 valence electrons. The zero-order valence-electron chi connectivity index (χ0n) is 31.6. The van der Waals surface area contributed by atoms with E-state index in [0.29, 0.717) is 0 Å². The highest BCUT2D eigenvalue weighted by Crippen LogP contribution is 2.32. The number of ether oxygens (including phenoxy) is 12. The number of nitrogens with zero attached hydrogens (tertiary/aromatic N) is 3. The zero-order valence-corrected chi connectivity index (χ0v) is 31.6. The van der Waals surface area contributed by atoms with Crippen molar-refractivity contribution < 1.29 is 123 Å².